The number of rotatable bonds is 2. The van der Waals surface area contributed by atoms with Gasteiger partial charge in [0.05, 0.1) is 16.7 Å². The SMILES string of the molecule is Cc1nc(-c2ccc(F)cc2)sc1[C@H](C)O. The highest BCUT2D eigenvalue weighted by molar-refractivity contribution is 7.15. The molecule has 0 bridgehead atoms. The van der Waals surface area contributed by atoms with E-state index >= 15 is 0 Å². The second kappa shape index (κ2) is 4.31. The molecule has 1 aromatic carbocycles. The van der Waals surface area contributed by atoms with Gasteiger partial charge in [-0.2, -0.15) is 0 Å². The molecule has 1 N–H and O–H groups in total. The van der Waals surface area contributed by atoms with Gasteiger partial charge < -0.3 is 5.11 Å². The molecule has 16 heavy (non-hydrogen) atoms. The van der Waals surface area contributed by atoms with E-state index in [1.807, 2.05) is 6.92 Å². The lowest BCUT2D eigenvalue weighted by molar-refractivity contribution is 0.202. The predicted molar refractivity (Wildman–Crippen MR) is 62.9 cm³/mol. The van der Waals surface area contributed by atoms with Crippen molar-refractivity contribution in [3.05, 3.63) is 40.7 Å². The fourth-order valence-electron chi connectivity index (χ4n) is 1.51. The van der Waals surface area contributed by atoms with E-state index in [0.29, 0.717) is 0 Å². The maximum atomic E-state index is 12.8. The molecular formula is C12H12FNOS. The molecule has 1 aromatic heterocycles. The number of halogens is 1. The molecule has 1 atom stereocenters. The average molecular weight is 237 g/mol. The minimum atomic E-state index is -0.508. The molecule has 0 aliphatic carbocycles. The van der Waals surface area contributed by atoms with Crippen LogP contribution in [0.1, 0.15) is 23.6 Å². The summed E-state index contributed by atoms with van der Waals surface area (Å²) in [7, 11) is 0. The number of benzene rings is 1. The van der Waals surface area contributed by atoms with Gasteiger partial charge in [-0.15, -0.1) is 11.3 Å². The van der Waals surface area contributed by atoms with Crippen LogP contribution in [0.2, 0.25) is 0 Å². The first-order valence-electron chi connectivity index (χ1n) is 4.99. The predicted octanol–water partition coefficient (Wildman–Crippen LogP) is 3.31. The van der Waals surface area contributed by atoms with Crippen LogP contribution in [-0.4, -0.2) is 10.1 Å². The monoisotopic (exact) mass is 237 g/mol. The summed E-state index contributed by atoms with van der Waals surface area (Å²) < 4.78 is 12.8. The van der Waals surface area contributed by atoms with Gasteiger partial charge in [-0.05, 0) is 38.1 Å². The van der Waals surface area contributed by atoms with E-state index in [4.69, 9.17) is 0 Å². The molecular weight excluding hydrogens is 225 g/mol. The van der Waals surface area contributed by atoms with Crippen molar-refractivity contribution in [1.29, 1.82) is 0 Å². The van der Waals surface area contributed by atoms with E-state index in [0.717, 1.165) is 21.1 Å². The third-order valence-electron chi connectivity index (χ3n) is 2.30. The summed E-state index contributed by atoms with van der Waals surface area (Å²) in [5, 5.41) is 10.3. The van der Waals surface area contributed by atoms with Crippen molar-refractivity contribution in [2.24, 2.45) is 0 Å². The Balaban J connectivity index is 2.41. The number of nitrogens with zero attached hydrogens (tertiary/aromatic N) is 1. The fraction of sp³-hybridized carbons (Fsp3) is 0.250. The molecule has 0 saturated heterocycles. The first kappa shape index (κ1) is 11.2. The highest BCUT2D eigenvalue weighted by atomic mass is 32.1. The molecule has 84 valence electrons. The summed E-state index contributed by atoms with van der Waals surface area (Å²) >= 11 is 1.44. The third-order valence-corrected chi connectivity index (χ3v) is 3.68. The van der Waals surface area contributed by atoms with Crippen molar-refractivity contribution in [2.45, 2.75) is 20.0 Å². The van der Waals surface area contributed by atoms with E-state index in [2.05, 4.69) is 4.98 Å². The summed E-state index contributed by atoms with van der Waals surface area (Å²) in [6.07, 6.45) is -0.508. The molecule has 0 radical (unpaired) electrons. The Labute approximate surface area is 97.4 Å². The van der Waals surface area contributed by atoms with Crippen LogP contribution < -0.4 is 0 Å². The summed E-state index contributed by atoms with van der Waals surface area (Å²) in [4.78, 5) is 5.23. The van der Waals surface area contributed by atoms with Gasteiger partial charge in [0.25, 0.3) is 0 Å². The Hall–Kier alpha value is -1.26. The van der Waals surface area contributed by atoms with E-state index in [9.17, 15) is 9.50 Å². The molecule has 0 aliphatic rings. The van der Waals surface area contributed by atoms with Crippen LogP contribution in [-0.2, 0) is 0 Å². The topological polar surface area (TPSA) is 33.1 Å². The second-order valence-corrected chi connectivity index (χ2v) is 4.68. The Bertz CT molecular complexity index is 490. The van der Waals surface area contributed by atoms with Crippen molar-refractivity contribution in [2.75, 3.05) is 0 Å². The number of aliphatic hydroxyl groups excluding tert-OH is 1. The zero-order valence-corrected chi connectivity index (χ0v) is 9.88. The van der Waals surface area contributed by atoms with Gasteiger partial charge >= 0.3 is 0 Å². The van der Waals surface area contributed by atoms with Crippen LogP contribution in [0.15, 0.2) is 24.3 Å². The Morgan fingerprint density at radius 3 is 2.44 bits per heavy atom. The minimum absolute atomic E-state index is 0.257. The Morgan fingerprint density at radius 1 is 1.31 bits per heavy atom. The third kappa shape index (κ3) is 2.13. The van der Waals surface area contributed by atoms with E-state index in [-0.39, 0.29) is 5.82 Å². The zero-order chi connectivity index (χ0) is 11.7. The van der Waals surface area contributed by atoms with Crippen molar-refractivity contribution in [3.63, 3.8) is 0 Å². The van der Waals surface area contributed by atoms with Gasteiger partial charge in [0, 0.05) is 5.56 Å². The van der Waals surface area contributed by atoms with Crippen LogP contribution in [0.3, 0.4) is 0 Å². The van der Waals surface area contributed by atoms with Crippen LogP contribution in [0.4, 0.5) is 4.39 Å². The molecule has 0 unspecified atom stereocenters. The quantitative estimate of drug-likeness (QED) is 0.869. The van der Waals surface area contributed by atoms with Gasteiger partial charge in [-0.3, -0.25) is 0 Å². The summed E-state index contributed by atoms with van der Waals surface area (Å²) in [6, 6.07) is 6.21. The summed E-state index contributed by atoms with van der Waals surface area (Å²) in [6.45, 7) is 3.58. The maximum absolute atomic E-state index is 12.8. The van der Waals surface area contributed by atoms with E-state index < -0.39 is 6.10 Å². The molecule has 2 rings (SSSR count). The van der Waals surface area contributed by atoms with E-state index in [1.54, 1.807) is 19.1 Å². The number of aromatic nitrogens is 1. The first-order chi connectivity index (χ1) is 7.58. The number of hydrogen-bond donors (Lipinski definition) is 1. The normalized spacial score (nSPS) is 12.8. The molecule has 2 nitrogen and oxygen atoms in total. The van der Waals surface area contributed by atoms with Crippen LogP contribution >= 0.6 is 11.3 Å². The molecule has 0 fully saturated rings. The van der Waals surface area contributed by atoms with Crippen molar-refractivity contribution >= 4 is 11.3 Å². The highest BCUT2D eigenvalue weighted by Crippen LogP contribution is 2.31. The van der Waals surface area contributed by atoms with Gasteiger partial charge in [0.1, 0.15) is 10.8 Å². The lowest BCUT2D eigenvalue weighted by Gasteiger charge is -1.98. The number of aryl methyl sites for hydroxylation is 1. The Morgan fingerprint density at radius 2 is 1.94 bits per heavy atom. The maximum Gasteiger partial charge on any atom is 0.123 e. The first-order valence-corrected chi connectivity index (χ1v) is 5.81. The number of hydrogen-bond acceptors (Lipinski definition) is 3. The molecule has 0 aliphatic heterocycles. The number of thiazole rings is 1. The number of aliphatic hydroxyl groups is 1. The molecule has 2 aromatic rings. The smallest absolute Gasteiger partial charge is 0.123 e. The van der Waals surface area contributed by atoms with Crippen molar-refractivity contribution < 1.29 is 9.50 Å². The fourth-order valence-corrected chi connectivity index (χ4v) is 2.52. The zero-order valence-electron chi connectivity index (χ0n) is 9.07. The van der Waals surface area contributed by atoms with Crippen LogP contribution in [0.25, 0.3) is 10.6 Å². The van der Waals surface area contributed by atoms with Crippen LogP contribution in [0, 0.1) is 12.7 Å². The second-order valence-electron chi connectivity index (χ2n) is 3.65. The molecule has 1 heterocycles. The molecule has 0 saturated carbocycles. The molecule has 4 heteroatoms. The van der Waals surface area contributed by atoms with Gasteiger partial charge in [-0.1, -0.05) is 0 Å². The van der Waals surface area contributed by atoms with Gasteiger partial charge in [0.2, 0.25) is 0 Å². The lowest BCUT2D eigenvalue weighted by Crippen LogP contribution is -1.88. The van der Waals surface area contributed by atoms with Crippen LogP contribution in [0.5, 0.6) is 0 Å². The minimum Gasteiger partial charge on any atom is -0.388 e. The van der Waals surface area contributed by atoms with Crippen molar-refractivity contribution in [1.82, 2.24) is 4.98 Å². The summed E-state index contributed by atoms with van der Waals surface area (Å²) in [5.41, 5.74) is 1.71. The average Bonchev–Trinajstić information content (AvgIpc) is 2.61. The van der Waals surface area contributed by atoms with Gasteiger partial charge in [0.15, 0.2) is 0 Å². The largest absolute Gasteiger partial charge is 0.388 e. The van der Waals surface area contributed by atoms with Crippen molar-refractivity contribution in [3.8, 4) is 10.6 Å². The standard InChI is InChI=1S/C12H12FNOS/c1-7-11(8(2)15)16-12(14-7)9-3-5-10(13)6-4-9/h3-6,8,15H,1-2H3/t8-/m0/s1. The Kier molecular flexibility index (Phi) is 3.03. The van der Waals surface area contributed by atoms with Gasteiger partial charge in [-0.25, -0.2) is 9.37 Å². The lowest BCUT2D eigenvalue weighted by atomic mass is 10.2. The van der Waals surface area contributed by atoms with E-state index in [1.165, 1.54) is 23.5 Å². The molecule has 0 amide bonds. The summed E-state index contributed by atoms with van der Waals surface area (Å²) in [5.74, 6) is -0.257. The highest BCUT2D eigenvalue weighted by Gasteiger charge is 2.12. The molecule has 0 spiro atoms.